The van der Waals surface area contributed by atoms with Crippen LogP contribution in [-0.2, 0) is 25.0 Å². The normalized spacial score (nSPS) is 12.9. The van der Waals surface area contributed by atoms with Crippen LogP contribution < -0.4 is 10.1 Å². The van der Waals surface area contributed by atoms with Crippen molar-refractivity contribution in [2.45, 2.75) is 97.0 Å². The number of nitrogens with two attached hydrogens (primary N) is 1. The van der Waals surface area contributed by atoms with Crippen molar-refractivity contribution in [3.05, 3.63) is 29.8 Å². The molecule has 1 aromatic carbocycles. The van der Waals surface area contributed by atoms with Crippen LogP contribution in [0.3, 0.4) is 0 Å². The highest BCUT2D eigenvalue weighted by atomic mass is 31.2. The van der Waals surface area contributed by atoms with E-state index < -0.39 is 14.7 Å². The average molecular weight is 515 g/mol. The molecule has 3 N–H and O–H groups in total. The van der Waals surface area contributed by atoms with Crippen molar-refractivity contribution in [3.8, 4) is 5.75 Å². The van der Waals surface area contributed by atoms with Gasteiger partial charge in [0.15, 0.2) is 0 Å². The standard InChI is InChI=1S/C27H48NO6P/c1-4-6-7-8-9-10-11-12-13-14-20-31-25-17-15-24(16-18-25)22-26(34-27(29)5-2)23-33-35(30)32-21-19-28-3/h15-18,26,28,30H,4-14,19-23H2,1-3H3/p+1. The van der Waals surface area contributed by atoms with Gasteiger partial charge in [-0.15, -0.1) is 0 Å². The van der Waals surface area contributed by atoms with E-state index in [0.717, 1.165) is 30.9 Å². The Kier molecular flexibility index (Phi) is 20.0. The van der Waals surface area contributed by atoms with Gasteiger partial charge in [0.05, 0.1) is 26.8 Å². The Morgan fingerprint density at radius 2 is 1.54 bits per heavy atom. The third-order valence-electron chi connectivity index (χ3n) is 5.72. The smallest absolute Gasteiger partial charge is 0.330 e. The van der Waals surface area contributed by atoms with Crippen molar-refractivity contribution in [2.24, 2.45) is 0 Å². The molecule has 0 spiro atoms. The summed E-state index contributed by atoms with van der Waals surface area (Å²) in [5.41, 5.74) is 1.01. The number of unbranched alkanes of at least 4 members (excludes halogenated alkanes) is 9. The molecule has 0 aliphatic carbocycles. The highest BCUT2D eigenvalue weighted by molar-refractivity contribution is 7.40. The highest BCUT2D eigenvalue weighted by Gasteiger charge is 2.18. The van der Waals surface area contributed by atoms with Crippen LogP contribution in [0.2, 0.25) is 0 Å². The average Bonchev–Trinajstić information content (AvgIpc) is 2.86. The molecule has 0 heterocycles. The van der Waals surface area contributed by atoms with Gasteiger partial charge < -0.3 is 28.7 Å². The van der Waals surface area contributed by atoms with E-state index in [1.165, 1.54) is 57.8 Å². The summed E-state index contributed by atoms with van der Waals surface area (Å²) in [5.74, 6) is 0.557. The first-order valence-electron chi connectivity index (χ1n) is 13.5. The third kappa shape index (κ3) is 17.8. The van der Waals surface area contributed by atoms with Gasteiger partial charge in [-0.05, 0) is 24.1 Å². The van der Waals surface area contributed by atoms with Gasteiger partial charge in [0.1, 0.15) is 18.5 Å². The lowest BCUT2D eigenvalue weighted by atomic mass is 10.1. The van der Waals surface area contributed by atoms with Crippen molar-refractivity contribution in [1.82, 2.24) is 0 Å². The SMILES string of the molecule is CCCCCCCCCCCCOc1ccc(CC(COP(O)OCC[NH2+]C)OC(=O)CC)cc1. The maximum atomic E-state index is 11.8. The molecule has 1 rings (SSSR count). The Balaban J connectivity index is 2.29. The van der Waals surface area contributed by atoms with Gasteiger partial charge in [-0.1, -0.05) is 83.8 Å². The first-order chi connectivity index (χ1) is 17.1. The number of hydrogen-bond acceptors (Lipinski definition) is 6. The third-order valence-corrected chi connectivity index (χ3v) is 6.49. The molecule has 0 radical (unpaired) electrons. The Labute approximate surface area is 214 Å². The Morgan fingerprint density at radius 3 is 2.14 bits per heavy atom. The summed E-state index contributed by atoms with van der Waals surface area (Å²) in [6.07, 6.45) is 13.4. The lowest BCUT2D eigenvalue weighted by Gasteiger charge is -2.19. The van der Waals surface area contributed by atoms with Crippen molar-refractivity contribution >= 4 is 14.6 Å². The number of esters is 1. The number of hydrogen-bond donors (Lipinski definition) is 2. The molecule has 0 aliphatic rings. The predicted octanol–water partition coefficient (Wildman–Crippen LogP) is 5.30. The van der Waals surface area contributed by atoms with E-state index in [-0.39, 0.29) is 12.6 Å². The fourth-order valence-electron chi connectivity index (χ4n) is 3.60. The summed E-state index contributed by atoms with van der Waals surface area (Å²) in [7, 11) is -0.0536. The first-order valence-corrected chi connectivity index (χ1v) is 14.7. The quantitative estimate of drug-likeness (QED) is 0.117. The maximum Gasteiger partial charge on any atom is 0.330 e. The molecule has 0 saturated carbocycles. The van der Waals surface area contributed by atoms with Crippen molar-refractivity contribution in [3.63, 3.8) is 0 Å². The van der Waals surface area contributed by atoms with E-state index in [1.807, 2.05) is 36.6 Å². The van der Waals surface area contributed by atoms with Crippen LogP contribution in [0, 0.1) is 0 Å². The van der Waals surface area contributed by atoms with Gasteiger partial charge in [-0.2, -0.15) is 0 Å². The second-order valence-corrected chi connectivity index (χ2v) is 9.90. The van der Waals surface area contributed by atoms with Crippen molar-refractivity contribution in [2.75, 3.05) is 33.4 Å². The number of rotatable bonds is 23. The van der Waals surface area contributed by atoms with Gasteiger partial charge >= 0.3 is 14.6 Å². The predicted molar refractivity (Wildman–Crippen MR) is 141 cm³/mol. The number of likely N-dealkylation sites (N-methyl/N-ethyl adjacent to an activating group) is 1. The summed E-state index contributed by atoms with van der Waals surface area (Å²) in [4.78, 5) is 21.7. The molecule has 2 atom stereocenters. The van der Waals surface area contributed by atoms with Gasteiger partial charge in [-0.25, -0.2) is 0 Å². The zero-order chi connectivity index (χ0) is 25.6. The van der Waals surface area contributed by atoms with Crippen LogP contribution in [0.15, 0.2) is 24.3 Å². The van der Waals surface area contributed by atoms with Crippen LogP contribution in [-0.4, -0.2) is 50.4 Å². The molecule has 35 heavy (non-hydrogen) atoms. The van der Waals surface area contributed by atoms with E-state index >= 15 is 0 Å². The second kappa shape index (κ2) is 22.0. The van der Waals surface area contributed by atoms with Gasteiger partial charge in [0, 0.05) is 12.8 Å². The van der Waals surface area contributed by atoms with Gasteiger partial charge in [-0.3, -0.25) is 4.79 Å². The summed E-state index contributed by atoms with van der Waals surface area (Å²) < 4.78 is 22.0. The Bertz CT molecular complexity index is 631. The number of ether oxygens (including phenoxy) is 2. The minimum Gasteiger partial charge on any atom is -0.494 e. The second-order valence-electron chi connectivity index (χ2n) is 8.91. The van der Waals surface area contributed by atoms with Crippen molar-refractivity contribution in [1.29, 1.82) is 0 Å². The molecular formula is C27H49NO6P+. The first kappa shape index (κ1) is 31.8. The Hall–Kier alpha value is -1.24. The lowest BCUT2D eigenvalue weighted by Crippen LogP contribution is -2.80. The van der Waals surface area contributed by atoms with Crippen LogP contribution in [0.4, 0.5) is 0 Å². The minimum atomic E-state index is -1.98. The summed E-state index contributed by atoms with van der Waals surface area (Å²) in [5, 5.41) is 1.96. The van der Waals surface area contributed by atoms with E-state index in [1.54, 1.807) is 6.92 Å². The zero-order valence-corrected chi connectivity index (χ0v) is 23.1. The number of quaternary nitrogens is 1. The van der Waals surface area contributed by atoms with E-state index in [4.69, 9.17) is 18.5 Å². The van der Waals surface area contributed by atoms with E-state index in [0.29, 0.717) is 19.4 Å². The largest absolute Gasteiger partial charge is 0.494 e. The molecule has 0 fully saturated rings. The molecule has 0 saturated heterocycles. The molecule has 2 unspecified atom stereocenters. The van der Waals surface area contributed by atoms with Crippen LogP contribution >= 0.6 is 8.60 Å². The molecule has 0 aliphatic heterocycles. The minimum absolute atomic E-state index is 0.0841. The molecule has 1 aromatic rings. The van der Waals surface area contributed by atoms with Crippen LogP contribution in [0.5, 0.6) is 5.75 Å². The van der Waals surface area contributed by atoms with Gasteiger partial charge in [0.2, 0.25) is 0 Å². The molecule has 8 heteroatoms. The molecular weight excluding hydrogens is 465 g/mol. The summed E-state index contributed by atoms with van der Waals surface area (Å²) in [6.45, 7) is 5.97. The number of benzene rings is 1. The molecule has 202 valence electrons. The topological polar surface area (TPSA) is 90.8 Å². The monoisotopic (exact) mass is 514 g/mol. The van der Waals surface area contributed by atoms with Crippen molar-refractivity contribution < 1.29 is 33.5 Å². The van der Waals surface area contributed by atoms with E-state index in [9.17, 15) is 9.69 Å². The zero-order valence-electron chi connectivity index (χ0n) is 22.2. The number of carbonyl (C=O) groups excluding carboxylic acids is 1. The lowest BCUT2D eigenvalue weighted by molar-refractivity contribution is -0.627. The summed E-state index contributed by atoms with van der Waals surface area (Å²) in [6, 6.07) is 7.87. The number of carbonyl (C=O) groups is 1. The highest BCUT2D eigenvalue weighted by Crippen LogP contribution is 2.32. The maximum absolute atomic E-state index is 11.8. The van der Waals surface area contributed by atoms with Gasteiger partial charge in [0.25, 0.3) is 0 Å². The molecule has 7 nitrogen and oxygen atoms in total. The van der Waals surface area contributed by atoms with Crippen LogP contribution in [0.1, 0.15) is 90.0 Å². The fourth-order valence-corrected chi connectivity index (χ4v) is 4.23. The fraction of sp³-hybridized carbons (Fsp3) is 0.741. The van der Waals surface area contributed by atoms with E-state index in [2.05, 4.69) is 6.92 Å². The Morgan fingerprint density at radius 1 is 0.914 bits per heavy atom. The van der Waals surface area contributed by atoms with Crippen LogP contribution in [0.25, 0.3) is 0 Å². The molecule has 0 amide bonds. The molecule has 0 aromatic heterocycles. The molecule has 0 bridgehead atoms. The summed E-state index contributed by atoms with van der Waals surface area (Å²) >= 11 is 0.